The van der Waals surface area contributed by atoms with Gasteiger partial charge in [0.1, 0.15) is 0 Å². The van der Waals surface area contributed by atoms with Gasteiger partial charge in [-0.15, -0.1) is 0 Å². The molecule has 0 saturated heterocycles. The molecule has 1 N–H and O–H groups in total. The lowest BCUT2D eigenvalue weighted by Gasteiger charge is -2.07. The van der Waals surface area contributed by atoms with Gasteiger partial charge in [-0.25, -0.2) is 9.97 Å². The molecule has 0 spiro atoms. The zero-order valence-corrected chi connectivity index (χ0v) is 12.7. The van der Waals surface area contributed by atoms with E-state index in [2.05, 4.69) is 20.3 Å². The molecule has 0 aliphatic carbocycles. The molecule has 5 heteroatoms. The van der Waals surface area contributed by atoms with Gasteiger partial charge in [-0.05, 0) is 51.1 Å². The predicted octanol–water partition coefficient (Wildman–Crippen LogP) is 3.20. The molecule has 2 heterocycles. The number of nitrogens with one attached hydrogen (secondary N) is 1. The Balaban J connectivity index is 1.92. The lowest BCUT2D eigenvalue weighted by atomic mass is 10.1. The summed E-state index contributed by atoms with van der Waals surface area (Å²) in [5.41, 5.74) is 5.42. The lowest BCUT2D eigenvalue weighted by molar-refractivity contribution is 0.102. The first kappa shape index (κ1) is 14.1. The van der Waals surface area contributed by atoms with Crippen molar-refractivity contribution in [1.82, 2.24) is 15.0 Å². The van der Waals surface area contributed by atoms with E-state index in [1.807, 2.05) is 32.9 Å². The highest BCUT2D eigenvalue weighted by atomic mass is 16.1. The molecule has 5 nitrogen and oxygen atoms in total. The van der Waals surface area contributed by atoms with Crippen LogP contribution in [-0.2, 0) is 0 Å². The van der Waals surface area contributed by atoms with Gasteiger partial charge < -0.3 is 5.32 Å². The van der Waals surface area contributed by atoms with Gasteiger partial charge in [0.2, 0.25) is 0 Å². The zero-order valence-electron chi connectivity index (χ0n) is 12.7. The molecule has 0 unspecified atom stereocenters. The number of carbonyl (C=O) groups is 1. The molecule has 1 aromatic carbocycles. The Bertz CT molecular complexity index is 874. The van der Waals surface area contributed by atoms with Crippen LogP contribution in [0.25, 0.3) is 11.0 Å². The minimum Gasteiger partial charge on any atom is -0.322 e. The Kier molecular flexibility index (Phi) is 3.55. The Morgan fingerprint density at radius 2 is 1.68 bits per heavy atom. The van der Waals surface area contributed by atoms with E-state index in [0.29, 0.717) is 5.56 Å². The fraction of sp³-hybridized carbons (Fsp3) is 0.176. The van der Waals surface area contributed by atoms with Gasteiger partial charge in [-0.2, -0.15) is 0 Å². The van der Waals surface area contributed by atoms with Gasteiger partial charge in [0, 0.05) is 23.1 Å². The number of hydrogen-bond acceptors (Lipinski definition) is 4. The number of fused-ring (bicyclic) bond motifs is 1. The minimum atomic E-state index is -0.174. The summed E-state index contributed by atoms with van der Waals surface area (Å²) in [6, 6.07) is 8.93. The van der Waals surface area contributed by atoms with Crippen LogP contribution in [0, 0.1) is 20.8 Å². The normalized spacial score (nSPS) is 10.7. The molecule has 3 rings (SSSR count). The number of aromatic nitrogens is 3. The van der Waals surface area contributed by atoms with Crippen LogP contribution in [0.2, 0.25) is 0 Å². The van der Waals surface area contributed by atoms with Crippen LogP contribution in [-0.4, -0.2) is 20.9 Å². The van der Waals surface area contributed by atoms with Crippen molar-refractivity contribution in [3.8, 4) is 0 Å². The van der Waals surface area contributed by atoms with Crippen molar-refractivity contribution in [2.75, 3.05) is 5.32 Å². The molecule has 1 amide bonds. The van der Waals surface area contributed by atoms with Gasteiger partial charge in [-0.1, -0.05) is 0 Å². The van der Waals surface area contributed by atoms with Gasteiger partial charge in [-0.3, -0.25) is 9.78 Å². The SMILES string of the molecule is Cc1cc(NC(=O)c2ccc3nc(C)c(C)nc3c2)ccn1. The first-order chi connectivity index (χ1) is 10.5. The van der Waals surface area contributed by atoms with E-state index in [1.165, 1.54) is 0 Å². The summed E-state index contributed by atoms with van der Waals surface area (Å²) in [6.45, 7) is 5.72. The van der Waals surface area contributed by atoms with E-state index < -0.39 is 0 Å². The topological polar surface area (TPSA) is 67.8 Å². The molecular formula is C17H16N4O. The number of anilines is 1. The van der Waals surface area contributed by atoms with Crippen molar-refractivity contribution < 1.29 is 4.79 Å². The molecule has 0 aliphatic rings. The van der Waals surface area contributed by atoms with Crippen molar-refractivity contribution in [2.24, 2.45) is 0 Å². The van der Waals surface area contributed by atoms with E-state index in [4.69, 9.17) is 0 Å². The summed E-state index contributed by atoms with van der Waals surface area (Å²) < 4.78 is 0. The number of nitrogens with zero attached hydrogens (tertiary/aromatic N) is 3. The van der Waals surface area contributed by atoms with Crippen molar-refractivity contribution in [1.29, 1.82) is 0 Å². The van der Waals surface area contributed by atoms with Gasteiger partial charge >= 0.3 is 0 Å². The quantitative estimate of drug-likeness (QED) is 0.787. The third-order valence-electron chi connectivity index (χ3n) is 3.49. The van der Waals surface area contributed by atoms with E-state index in [9.17, 15) is 4.79 Å². The number of pyridine rings is 1. The zero-order chi connectivity index (χ0) is 15.7. The van der Waals surface area contributed by atoms with Gasteiger partial charge in [0.25, 0.3) is 5.91 Å². The van der Waals surface area contributed by atoms with Gasteiger partial charge in [0.05, 0.1) is 22.4 Å². The average Bonchev–Trinajstić information content (AvgIpc) is 2.48. The Hall–Kier alpha value is -2.82. The Morgan fingerprint density at radius 1 is 0.955 bits per heavy atom. The van der Waals surface area contributed by atoms with Crippen LogP contribution < -0.4 is 5.32 Å². The fourth-order valence-electron chi connectivity index (χ4n) is 2.20. The summed E-state index contributed by atoms with van der Waals surface area (Å²) in [6.07, 6.45) is 1.67. The number of aryl methyl sites for hydroxylation is 3. The molecule has 2 aromatic heterocycles. The molecule has 0 fully saturated rings. The number of hydrogen-bond donors (Lipinski definition) is 1. The summed E-state index contributed by atoms with van der Waals surface area (Å²) in [7, 11) is 0. The predicted molar refractivity (Wildman–Crippen MR) is 85.9 cm³/mol. The number of rotatable bonds is 2. The summed E-state index contributed by atoms with van der Waals surface area (Å²) >= 11 is 0. The highest BCUT2D eigenvalue weighted by molar-refractivity contribution is 6.05. The highest BCUT2D eigenvalue weighted by Crippen LogP contribution is 2.16. The third kappa shape index (κ3) is 2.79. The summed E-state index contributed by atoms with van der Waals surface area (Å²) in [5.74, 6) is -0.174. The van der Waals surface area contributed by atoms with Crippen LogP contribution in [0.1, 0.15) is 27.4 Å². The van der Waals surface area contributed by atoms with Crippen molar-refractivity contribution in [3.05, 3.63) is 59.2 Å². The molecular weight excluding hydrogens is 276 g/mol. The fourth-order valence-corrected chi connectivity index (χ4v) is 2.20. The van der Waals surface area contributed by atoms with E-state index in [0.717, 1.165) is 33.8 Å². The van der Waals surface area contributed by atoms with Crippen LogP contribution in [0.5, 0.6) is 0 Å². The Morgan fingerprint density at radius 3 is 2.41 bits per heavy atom. The van der Waals surface area contributed by atoms with E-state index in [-0.39, 0.29) is 5.91 Å². The van der Waals surface area contributed by atoms with Gasteiger partial charge in [0.15, 0.2) is 0 Å². The van der Waals surface area contributed by atoms with Crippen LogP contribution in [0.4, 0.5) is 5.69 Å². The smallest absolute Gasteiger partial charge is 0.255 e. The molecule has 0 aliphatic heterocycles. The third-order valence-corrected chi connectivity index (χ3v) is 3.49. The second kappa shape index (κ2) is 5.52. The molecule has 0 saturated carbocycles. The first-order valence-electron chi connectivity index (χ1n) is 7.02. The standard InChI is InChI=1S/C17H16N4O/c1-10-8-14(6-7-18-10)21-17(22)13-4-5-15-16(9-13)20-12(3)11(2)19-15/h4-9H,1-3H3,(H,18,21,22). The number of carbonyl (C=O) groups excluding carboxylic acids is 1. The molecule has 110 valence electrons. The van der Waals surface area contributed by atoms with Crippen molar-refractivity contribution in [3.63, 3.8) is 0 Å². The number of amides is 1. The summed E-state index contributed by atoms with van der Waals surface area (Å²) in [5, 5.41) is 2.86. The monoisotopic (exact) mass is 292 g/mol. The van der Waals surface area contributed by atoms with Crippen LogP contribution in [0.3, 0.4) is 0 Å². The van der Waals surface area contributed by atoms with Crippen molar-refractivity contribution >= 4 is 22.6 Å². The molecule has 0 atom stereocenters. The molecule has 0 bridgehead atoms. The number of benzene rings is 1. The average molecular weight is 292 g/mol. The second-order valence-electron chi connectivity index (χ2n) is 5.24. The maximum atomic E-state index is 12.3. The molecule has 22 heavy (non-hydrogen) atoms. The van der Waals surface area contributed by atoms with E-state index in [1.54, 1.807) is 24.4 Å². The van der Waals surface area contributed by atoms with Crippen LogP contribution in [0.15, 0.2) is 36.5 Å². The summed E-state index contributed by atoms with van der Waals surface area (Å²) in [4.78, 5) is 25.4. The van der Waals surface area contributed by atoms with Crippen LogP contribution >= 0.6 is 0 Å². The maximum Gasteiger partial charge on any atom is 0.255 e. The second-order valence-corrected chi connectivity index (χ2v) is 5.24. The molecule has 3 aromatic rings. The lowest BCUT2D eigenvalue weighted by Crippen LogP contribution is -2.12. The maximum absolute atomic E-state index is 12.3. The highest BCUT2D eigenvalue weighted by Gasteiger charge is 2.09. The first-order valence-corrected chi connectivity index (χ1v) is 7.02. The van der Waals surface area contributed by atoms with E-state index >= 15 is 0 Å². The minimum absolute atomic E-state index is 0.174. The largest absolute Gasteiger partial charge is 0.322 e. The van der Waals surface area contributed by atoms with Crippen molar-refractivity contribution in [2.45, 2.75) is 20.8 Å². The molecule has 0 radical (unpaired) electrons. The Labute approximate surface area is 128 Å².